The lowest BCUT2D eigenvalue weighted by Gasteiger charge is -2.13. The molecule has 0 heterocycles. The van der Waals surface area contributed by atoms with Crippen molar-refractivity contribution in [2.75, 3.05) is 11.9 Å². The van der Waals surface area contributed by atoms with Crippen molar-refractivity contribution >= 4 is 50.8 Å². The maximum Gasteiger partial charge on any atom is 0.335 e. The first-order chi connectivity index (χ1) is 12.3. The summed E-state index contributed by atoms with van der Waals surface area (Å²) in [5.41, 5.74) is 1.85. The lowest BCUT2D eigenvalue weighted by Crippen LogP contribution is -2.34. The Morgan fingerprint density at radius 2 is 1.88 bits per heavy atom. The number of aryl methyl sites for hydroxylation is 1. The van der Waals surface area contributed by atoms with Crippen molar-refractivity contribution in [1.82, 2.24) is 5.32 Å². The molecule has 0 aliphatic rings. The van der Waals surface area contributed by atoms with Crippen LogP contribution in [-0.2, 0) is 0 Å². The predicted molar refractivity (Wildman–Crippen MR) is 107 cm³/mol. The van der Waals surface area contributed by atoms with Crippen molar-refractivity contribution in [3.63, 3.8) is 0 Å². The first kappa shape index (κ1) is 19.9. The first-order valence-electron chi connectivity index (χ1n) is 7.70. The van der Waals surface area contributed by atoms with Gasteiger partial charge in [-0.2, -0.15) is 0 Å². The molecule has 0 saturated heterocycles. The van der Waals surface area contributed by atoms with E-state index in [4.69, 9.17) is 22.1 Å². The van der Waals surface area contributed by atoms with Crippen LogP contribution in [0, 0.1) is 6.92 Å². The molecule has 6 nitrogen and oxygen atoms in total. The molecule has 2 aromatic carbocycles. The van der Waals surface area contributed by atoms with Crippen LogP contribution >= 0.6 is 28.1 Å². The van der Waals surface area contributed by atoms with Gasteiger partial charge in [-0.15, -0.1) is 0 Å². The molecule has 1 amide bonds. The molecule has 136 valence electrons. The van der Waals surface area contributed by atoms with Crippen molar-refractivity contribution in [3.05, 3.63) is 57.6 Å². The second-order valence-corrected chi connectivity index (χ2v) is 6.58. The summed E-state index contributed by atoms with van der Waals surface area (Å²) >= 11 is 8.51. The minimum Gasteiger partial charge on any atom is -0.493 e. The van der Waals surface area contributed by atoms with Gasteiger partial charge in [-0.25, -0.2) is 4.79 Å². The van der Waals surface area contributed by atoms with E-state index in [0.29, 0.717) is 28.1 Å². The van der Waals surface area contributed by atoms with E-state index in [0.717, 1.165) is 5.56 Å². The second-order valence-electron chi connectivity index (χ2n) is 5.32. The molecule has 0 aliphatic carbocycles. The fraction of sp³-hybridized carbons (Fsp3) is 0.167. The zero-order valence-electron chi connectivity index (χ0n) is 14.1. The van der Waals surface area contributed by atoms with Crippen molar-refractivity contribution in [2.24, 2.45) is 0 Å². The van der Waals surface area contributed by atoms with E-state index < -0.39 is 11.9 Å². The van der Waals surface area contributed by atoms with Gasteiger partial charge < -0.3 is 15.2 Å². The van der Waals surface area contributed by atoms with Gasteiger partial charge in [-0.05, 0) is 77.9 Å². The van der Waals surface area contributed by atoms with Crippen LogP contribution in [-0.4, -0.2) is 28.7 Å². The molecule has 3 N–H and O–H groups in total. The zero-order valence-corrected chi connectivity index (χ0v) is 16.5. The highest BCUT2D eigenvalue weighted by molar-refractivity contribution is 9.10. The quantitative estimate of drug-likeness (QED) is 0.614. The summed E-state index contributed by atoms with van der Waals surface area (Å²) in [5, 5.41) is 14.6. The second kappa shape index (κ2) is 8.77. The van der Waals surface area contributed by atoms with Gasteiger partial charge in [0.15, 0.2) is 5.11 Å². The van der Waals surface area contributed by atoms with Crippen LogP contribution in [0.2, 0.25) is 0 Å². The van der Waals surface area contributed by atoms with Crippen LogP contribution in [0.5, 0.6) is 5.75 Å². The number of amides is 1. The first-order valence-corrected chi connectivity index (χ1v) is 8.90. The molecule has 2 rings (SSSR count). The third-order valence-electron chi connectivity index (χ3n) is 3.45. The number of benzene rings is 2. The van der Waals surface area contributed by atoms with Crippen molar-refractivity contribution in [3.8, 4) is 5.75 Å². The van der Waals surface area contributed by atoms with Crippen LogP contribution in [0.4, 0.5) is 5.69 Å². The third-order valence-corrected chi connectivity index (χ3v) is 4.28. The summed E-state index contributed by atoms with van der Waals surface area (Å²) in [4.78, 5) is 23.4. The molecule has 0 radical (unpaired) electrons. The summed E-state index contributed by atoms with van der Waals surface area (Å²) in [5.74, 6) is -0.786. The monoisotopic (exact) mass is 436 g/mol. The molecule has 8 heteroatoms. The smallest absolute Gasteiger partial charge is 0.335 e. The molecule has 26 heavy (non-hydrogen) atoms. The number of ether oxygens (including phenoxy) is 1. The van der Waals surface area contributed by atoms with Gasteiger partial charge in [0.1, 0.15) is 5.75 Å². The van der Waals surface area contributed by atoms with Crippen molar-refractivity contribution in [1.29, 1.82) is 0 Å². The number of hydrogen-bond donors (Lipinski definition) is 3. The van der Waals surface area contributed by atoms with Gasteiger partial charge >= 0.3 is 5.97 Å². The number of rotatable bonds is 5. The third kappa shape index (κ3) is 5.03. The van der Waals surface area contributed by atoms with Gasteiger partial charge in [0.2, 0.25) is 0 Å². The molecular weight excluding hydrogens is 420 g/mol. The maximum atomic E-state index is 12.3. The van der Waals surface area contributed by atoms with Crippen LogP contribution < -0.4 is 15.4 Å². The number of nitrogens with one attached hydrogen (secondary N) is 2. The average molecular weight is 437 g/mol. The van der Waals surface area contributed by atoms with Crippen molar-refractivity contribution < 1.29 is 19.4 Å². The van der Waals surface area contributed by atoms with Gasteiger partial charge in [-0.1, -0.05) is 6.07 Å². The average Bonchev–Trinajstić information content (AvgIpc) is 2.58. The molecule has 0 bridgehead atoms. The lowest BCUT2D eigenvalue weighted by atomic mass is 10.1. The normalized spacial score (nSPS) is 10.1. The highest BCUT2D eigenvalue weighted by Gasteiger charge is 2.12. The highest BCUT2D eigenvalue weighted by atomic mass is 79.9. The number of carboxylic acids is 1. The number of anilines is 1. The van der Waals surface area contributed by atoms with E-state index in [1.165, 1.54) is 12.1 Å². The van der Waals surface area contributed by atoms with Gasteiger partial charge in [0.25, 0.3) is 5.91 Å². The van der Waals surface area contributed by atoms with Crippen LogP contribution in [0.15, 0.2) is 40.9 Å². The Balaban J connectivity index is 2.08. The number of carbonyl (C=O) groups excluding carboxylic acids is 1. The SMILES string of the molecule is CCOc1ccc(C(=O)NC(=S)Nc2cc(C(=O)O)ccc2C)cc1Br. The Labute approximate surface area is 164 Å². The number of halogens is 1. The van der Waals surface area contributed by atoms with Crippen LogP contribution in [0.25, 0.3) is 0 Å². The maximum absolute atomic E-state index is 12.3. The number of aromatic carboxylic acids is 1. The number of thiocarbonyl (C=S) groups is 1. The summed E-state index contributed by atoms with van der Waals surface area (Å²) in [6, 6.07) is 9.59. The largest absolute Gasteiger partial charge is 0.493 e. The molecular formula is C18H17BrN2O4S. The van der Waals surface area contributed by atoms with Gasteiger partial charge in [0, 0.05) is 11.3 Å². The molecule has 0 unspecified atom stereocenters. The molecule has 0 fully saturated rings. The van der Waals surface area contributed by atoms with E-state index in [1.54, 1.807) is 24.3 Å². The standard InChI is InChI=1S/C18H17BrN2O4S/c1-3-25-15-7-6-11(8-13(15)19)16(22)21-18(26)20-14-9-12(17(23)24)5-4-10(14)2/h4-9H,3H2,1-2H3,(H,23,24)(H2,20,21,22,26). The summed E-state index contributed by atoms with van der Waals surface area (Å²) < 4.78 is 6.07. The minimum atomic E-state index is -1.04. The Morgan fingerprint density at radius 1 is 1.19 bits per heavy atom. The zero-order chi connectivity index (χ0) is 19.3. The lowest BCUT2D eigenvalue weighted by molar-refractivity contribution is 0.0696. The summed E-state index contributed by atoms with van der Waals surface area (Å²) in [6.45, 7) is 4.20. The number of hydrogen-bond acceptors (Lipinski definition) is 4. The van der Waals surface area contributed by atoms with Crippen molar-refractivity contribution in [2.45, 2.75) is 13.8 Å². The van der Waals surface area contributed by atoms with E-state index in [9.17, 15) is 9.59 Å². The fourth-order valence-corrected chi connectivity index (χ4v) is 2.83. The number of carboxylic acid groups (broad SMARTS) is 1. The summed E-state index contributed by atoms with van der Waals surface area (Å²) in [7, 11) is 0. The minimum absolute atomic E-state index is 0.0747. The van der Waals surface area contributed by atoms with E-state index in [2.05, 4.69) is 26.6 Å². The molecule has 0 saturated carbocycles. The molecule has 2 aromatic rings. The topological polar surface area (TPSA) is 87.7 Å². The van der Waals surface area contributed by atoms with Crippen LogP contribution in [0.1, 0.15) is 33.2 Å². The Hall–Kier alpha value is -2.45. The van der Waals surface area contributed by atoms with Crippen LogP contribution in [0.3, 0.4) is 0 Å². The Morgan fingerprint density at radius 3 is 2.50 bits per heavy atom. The fourth-order valence-electron chi connectivity index (χ4n) is 2.13. The molecule has 0 aromatic heterocycles. The van der Waals surface area contributed by atoms with E-state index >= 15 is 0 Å². The Bertz CT molecular complexity index is 870. The van der Waals surface area contributed by atoms with Gasteiger partial charge in [0.05, 0.1) is 16.6 Å². The van der Waals surface area contributed by atoms with E-state index in [1.807, 2.05) is 13.8 Å². The molecule has 0 spiro atoms. The molecule has 0 aliphatic heterocycles. The van der Waals surface area contributed by atoms with E-state index in [-0.39, 0.29) is 10.7 Å². The Kier molecular flexibility index (Phi) is 6.70. The molecule has 0 atom stereocenters. The van der Waals surface area contributed by atoms with Gasteiger partial charge in [-0.3, -0.25) is 10.1 Å². The number of carbonyl (C=O) groups is 2. The highest BCUT2D eigenvalue weighted by Crippen LogP contribution is 2.26. The predicted octanol–water partition coefficient (Wildman–Crippen LogP) is 3.98. The summed E-state index contributed by atoms with van der Waals surface area (Å²) in [6.07, 6.45) is 0.